The molecule has 2 fully saturated rings. The quantitative estimate of drug-likeness (QED) is 0.193. The maximum atomic E-state index is 6.45. The maximum absolute atomic E-state index is 6.45. The molecule has 0 spiro atoms. The van der Waals surface area contributed by atoms with Crippen LogP contribution in [-0.4, -0.2) is 103 Å². The number of benzene rings is 1. The first-order chi connectivity index (χ1) is 22.6. The number of aromatic nitrogens is 8. The number of halogens is 1. The van der Waals surface area contributed by atoms with Gasteiger partial charge in [0.1, 0.15) is 30.5 Å². The number of ether oxygens (including phenoxy) is 4. The maximum Gasteiger partial charge on any atom is 0.257 e. The molecule has 246 valence electrons. The van der Waals surface area contributed by atoms with Crippen molar-refractivity contribution < 1.29 is 18.9 Å². The van der Waals surface area contributed by atoms with Crippen molar-refractivity contribution in [3.05, 3.63) is 48.1 Å². The molecule has 4 heterocycles. The molecule has 46 heavy (non-hydrogen) atoms. The van der Waals surface area contributed by atoms with Gasteiger partial charge in [-0.05, 0) is 67.7 Å². The van der Waals surface area contributed by atoms with E-state index in [9.17, 15) is 0 Å². The van der Waals surface area contributed by atoms with Gasteiger partial charge in [0.05, 0.1) is 43.6 Å². The molecule has 0 radical (unpaired) electrons. The van der Waals surface area contributed by atoms with E-state index in [2.05, 4.69) is 35.7 Å². The first-order valence-electron chi connectivity index (χ1n) is 15.9. The molecule has 1 saturated carbocycles. The fourth-order valence-corrected chi connectivity index (χ4v) is 6.11. The number of nitrogens with zero attached hydrogens (tertiary/aromatic N) is 9. The molecule has 1 saturated heterocycles. The number of tetrazole rings is 1. The molecule has 0 unspecified atom stereocenters. The van der Waals surface area contributed by atoms with Gasteiger partial charge in [-0.1, -0.05) is 17.7 Å². The van der Waals surface area contributed by atoms with Crippen molar-refractivity contribution in [1.82, 2.24) is 44.9 Å². The second-order valence-electron chi connectivity index (χ2n) is 11.5. The van der Waals surface area contributed by atoms with E-state index in [4.69, 9.17) is 35.6 Å². The molecule has 2 aliphatic rings. The summed E-state index contributed by atoms with van der Waals surface area (Å²) in [6.07, 6.45) is 11.3. The average molecular weight is 653 g/mol. The molecule has 15 heteroatoms. The van der Waals surface area contributed by atoms with Crippen LogP contribution in [0.15, 0.2) is 43.1 Å². The van der Waals surface area contributed by atoms with Crippen LogP contribution in [0.4, 0.5) is 11.6 Å². The molecule has 1 aliphatic heterocycles. The molecular formula is C31H41ClN10O4. The van der Waals surface area contributed by atoms with E-state index in [1.54, 1.807) is 29.5 Å². The Balaban J connectivity index is 1.12. The number of hydrogen-bond acceptors (Lipinski definition) is 12. The van der Waals surface area contributed by atoms with Crippen molar-refractivity contribution >= 4 is 23.2 Å². The molecule has 1 aliphatic carbocycles. The second kappa shape index (κ2) is 15.6. The Morgan fingerprint density at radius 3 is 2.57 bits per heavy atom. The van der Waals surface area contributed by atoms with Crippen LogP contribution in [0.3, 0.4) is 0 Å². The summed E-state index contributed by atoms with van der Waals surface area (Å²) >= 11 is 6.45. The minimum Gasteiger partial charge on any atom is -0.487 e. The summed E-state index contributed by atoms with van der Waals surface area (Å²) in [6, 6.07) is 6.52. The zero-order valence-electron chi connectivity index (χ0n) is 26.3. The van der Waals surface area contributed by atoms with E-state index in [-0.39, 0.29) is 6.10 Å². The second-order valence-corrected chi connectivity index (χ2v) is 11.9. The highest BCUT2D eigenvalue weighted by molar-refractivity contribution is 6.32. The molecular weight excluding hydrogens is 612 g/mol. The fourth-order valence-electron chi connectivity index (χ4n) is 5.94. The van der Waals surface area contributed by atoms with Crippen LogP contribution in [0.1, 0.15) is 45.6 Å². The highest BCUT2D eigenvalue weighted by Crippen LogP contribution is 2.35. The van der Waals surface area contributed by atoms with E-state index < -0.39 is 0 Å². The minimum atomic E-state index is -0.204. The summed E-state index contributed by atoms with van der Waals surface area (Å²) in [5.41, 5.74) is 2.42. The van der Waals surface area contributed by atoms with Gasteiger partial charge < -0.3 is 24.3 Å². The van der Waals surface area contributed by atoms with Gasteiger partial charge in [0.15, 0.2) is 0 Å². The van der Waals surface area contributed by atoms with Gasteiger partial charge in [0.25, 0.3) is 5.88 Å². The monoisotopic (exact) mass is 652 g/mol. The highest BCUT2D eigenvalue weighted by Gasteiger charge is 2.29. The molecule has 14 nitrogen and oxygen atoms in total. The van der Waals surface area contributed by atoms with E-state index in [1.807, 2.05) is 36.9 Å². The van der Waals surface area contributed by atoms with Crippen LogP contribution < -0.4 is 14.8 Å². The predicted molar refractivity (Wildman–Crippen MR) is 172 cm³/mol. The topological polar surface area (TPSA) is 139 Å². The van der Waals surface area contributed by atoms with Crippen molar-refractivity contribution in [2.45, 2.75) is 64.3 Å². The van der Waals surface area contributed by atoms with Gasteiger partial charge in [-0.25, -0.2) is 14.6 Å². The van der Waals surface area contributed by atoms with E-state index in [0.29, 0.717) is 61.0 Å². The van der Waals surface area contributed by atoms with Crippen LogP contribution in [0.5, 0.6) is 11.6 Å². The van der Waals surface area contributed by atoms with E-state index in [1.165, 1.54) is 0 Å². The van der Waals surface area contributed by atoms with Gasteiger partial charge in [-0.3, -0.25) is 9.58 Å². The summed E-state index contributed by atoms with van der Waals surface area (Å²) in [5, 5.41) is 19.9. The lowest BCUT2D eigenvalue weighted by Gasteiger charge is -2.38. The van der Waals surface area contributed by atoms with Crippen LogP contribution in [0, 0.1) is 0 Å². The van der Waals surface area contributed by atoms with Gasteiger partial charge in [-0.15, -0.1) is 10.2 Å². The van der Waals surface area contributed by atoms with Crippen LogP contribution in [0.25, 0.3) is 11.1 Å². The SMILES string of the molecule is CCOCCOc1nn([C@H]2CC[C@H](N3CCOCC3)CC2)cc1Nc1ncc(-c2ccc(Cl)c(O[C@@H](C)Cn3cnnn3)c2)cn1. The Labute approximate surface area is 273 Å². The molecule has 4 aromatic rings. The largest absolute Gasteiger partial charge is 0.487 e. The number of nitrogens with one attached hydrogen (secondary N) is 1. The Morgan fingerprint density at radius 1 is 1.04 bits per heavy atom. The molecule has 0 bridgehead atoms. The van der Waals surface area contributed by atoms with Crippen LogP contribution >= 0.6 is 11.6 Å². The van der Waals surface area contributed by atoms with E-state index >= 15 is 0 Å². The van der Waals surface area contributed by atoms with Crippen molar-refractivity contribution in [2.75, 3.05) is 51.4 Å². The summed E-state index contributed by atoms with van der Waals surface area (Å²) in [4.78, 5) is 11.8. The van der Waals surface area contributed by atoms with Crippen molar-refractivity contribution in [3.8, 4) is 22.8 Å². The van der Waals surface area contributed by atoms with Crippen molar-refractivity contribution in [3.63, 3.8) is 0 Å². The lowest BCUT2D eigenvalue weighted by Crippen LogP contribution is -2.45. The Hall–Kier alpha value is -3.85. The molecule has 1 N–H and O–H groups in total. The first-order valence-corrected chi connectivity index (χ1v) is 16.3. The molecule has 1 aromatic carbocycles. The normalized spacial score (nSPS) is 19.5. The molecule has 0 amide bonds. The summed E-state index contributed by atoms with van der Waals surface area (Å²) in [5.74, 6) is 1.51. The summed E-state index contributed by atoms with van der Waals surface area (Å²) in [7, 11) is 0. The summed E-state index contributed by atoms with van der Waals surface area (Å²) < 4.78 is 26.8. The number of rotatable bonds is 14. The Morgan fingerprint density at radius 2 is 1.83 bits per heavy atom. The number of anilines is 2. The lowest BCUT2D eigenvalue weighted by atomic mass is 9.90. The number of hydrogen-bond donors (Lipinski definition) is 1. The lowest BCUT2D eigenvalue weighted by molar-refractivity contribution is 0.00502. The predicted octanol–water partition coefficient (Wildman–Crippen LogP) is 4.42. The smallest absolute Gasteiger partial charge is 0.257 e. The van der Waals surface area contributed by atoms with Crippen LogP contribution in [-0.2, 0) is 16.0 Å². The zero-order chi connectivity index (χ0) is 31.7. The standard InChI is InChI=1S/C31H41ClN10O4/c1-3-43-14-15-45-30-28(20-42(37-30)26-7-5-25(6-8-26)40-10-12-44-13-11-40)36-31-33-17-24(18-34-31)23-4-9-27(32)29(16-23)46-22(2)19-41-21-35-38-39-41/h4,9,16-18,20-22,25-26H,3,5-8,10-15,19H2,1-2H3,(H,33,34,36)/t22-,25-,26-/m0/s1. The summed E-state index contributed by atoms with van der Waals surface area (Å²) in [6.45, 7) is 9.62. The van der Waals surface area contributed by atoms with Crippen molar-refractivity contribution in [1.29, 1.82) is 0 Å². The van der Waals surface area contributed by atoms with Crippen LogP contribution in [0.2, 0.25) is 5.02 Å². The molecule has 1 atom stereocenters. The highest BCUT2D eigenvalue weighted by atomic mass is 35.5. The average Bonchev–Trinajstić information content (AvgIpc) is 3.75. The number of morpholine rings is 1. The van der Waals surface area contributed by atoms with Gasteiger partial charge in [0, 0.05) is 43.7 Å². The Kier molecular flexibility index (Phi) is 10.9. The third-order valence-corrected chi connectivity index (χ3v) is 8.61. The zero-order valence-corrected chi connectivity index (χ0v) is 27.1. The third kappa shape index (κ3) is 8.29. The van der Waals surface area contributed by atoms with Crippen molar-refractivity contribution in [2.24, 2.45) is 0 Å². The molecule has 6 rings (SSSR count). The molecule has 3 aromatic heterocycles. The van der Waals surface area contributed by atoms with Gasteiger partial charge >= 0.3 is 0 Å². The van der Waals surface area contributed by atoms with Gasteiger partial charge in [-0.2, -0.15) is 0 Å². The third-order valence-electron chi connectivity index (χ3n) is 8.30. The minimum absolute atomic E-state index is 0.204. The van der Waals surface area contributed by atoms with E-state index in [0.717, 1.165) is 68.8 Å². The first kappa shape index (κ1) is 32.1. The van der Waals surface area contributed by atoms with Gasteiger partial charge in [0.2, 0.25) is 5.95 Å². The Bertz CT molecular complexity index is 1510. The fraction of sp³-hybridized carbons (Fsp3) is 0.548.